The molecule has 0 radical (unpaired) electrons. The molecule has 3 N–H and O–H groups in total. The molecule has 0 atom stereocenters. The van der Waals surface area contributed by atoms with Gasteiger partial charge in [0.1, 0.15) is 23.6 Å². The molecule has 5 rings (SSSR count). The first-order valence-corrected chi connectivity index (χ1v) is 13.4. The third kappa shape index (κ3) is 6.49. The molecule has 0 spiro atoms. The van der Waals surface area contributed by atoms with Crippen molar-refractivity contribution in [2.45, 2.75) is 39.7 Å². The van der Waals surface area contributed by atoms with E-state index in [4.69, 9.17) is 20.4 Å². The van der Waals surface area contributed by atoms with Crippen LogP contribution in [0.3, 0.4) is 0 Å². The van der Waals surface area contributed by atoms with E-state index in [9.17, 15) is 14.7 Å². The van der Waals surface area contributed by atoms with Gasteiger partial charge >= 0.3 is 12.1 Å². The van der Waals surface area contributed by atoms with Crippen LogP contribution in [0.5, 0.6) is 5.88 Å². The van der Waals surface area contributed by atoms with Crippen LogP contribution in [0.25, 0.3) is 28.1 Å². The van der Waals surface area contributed by atoms with Crippen LogP contribution in [0.4, 0.5) is 4.79 Å². The average molecular weight is 558 g/mol. The number of pyridine rings is 2. The van der Waals surface area contributed by atoms with E-state index in [1.807, 2.05) is 11.3 Å². The number of amides is 1. The zero-order valence-corrected chi connectivity index (χ0v) is 23.6. The van der Waals surface area contributed by atoms with Crippen molar-refractivity contribution in [3.8, 4) is 17.3 Å². The van der Waals surface area contributed by atoms with Gasteiger partial charge in [0.15, 0.2) is 5.88 Å². The Bertz CT molecular complexity index is 1660. The van der Waals surface area contributed by atoms with Gasteiger partial charge in [-0.15, -0.1) is 0 Å². The Hall–Kier alpha value is -4.86. The number of carbonyl (C=O) groups is 2. The lowest BCUT2D eigenvalue weighted by Crippen LogP contribution is -2.14. The SMILES string of the molecule is C=C/C=C(\C=C)COC(N)=O.CCc1ccc2cc(-c3nc4cc(C(=O)O)cc(OC)n4c3C)n(CC3CC3)c2n1. The minimum Gasteiger partial charge on any atom is -0.482 e. The van der Waals surface area contributed by atoms with Crippen LogP contribution in [0.15, 0.2) is 67.3 Å². The molecule has 214 valence electrons. The normalized spacial score (nSPS) is 13.0. The molecular formula is C31H35N5O5. The minimum absolute atomic E-state index is 0.144. The Morgan fingerprint density at radius 2 is 1.95 bits per heavy atom. The molecule has 1 fully saturated rings. The number of nitrogens with two attached hydrogens (primary N) is 1. The smallest absolute Gasteiger partial charge is 0.404 e. The summed E-state index contributed by atoms with van der Waals surface area (Å²) < 4.78 is 14.1. The lowest BCUT2D eigenvalue weighted by Gasteiger charge is -2.10. The summed E-state index contributed by atoms with van der Waals surface area (Å²) in [6, 6.07) is 9.46. The number of fused-ring (bicyclic) bond motifs is 2. The predicted molar refractivity (Wildman–Crippen MR) is 158 cm³/mol. The third-order valence-corrected chi connectivity index (χ3v) is 6.89. The van der Waals surface area contributed by atoms with E-state index in [2.05, 4.69) is 47.6 Å². The van der Waals surface area contributed by atoms with Crippen molar-refractivity contribution < 1.29 is 24.2 Å². The number of rotatable bonds is 10. The highest BCUT2D eigenvalue weighted by Gasteiger charge is 2.26. The number of imidazole rings is 1. The molecule has 0 bridgehead atoms. The van der Waals surface area contributed by atoms with Crippen LogP contribution in [0.2, 0.25) is 0 Å². The molecule has 41 heavy (non-hydrogen) atoms. The van der Waals surface area contributed by atoms with E-state index < -0.39 is 12.1 Å². The first-order valence-electron chi connectivity index (χ1n) is 13.4. The zero-order chi connectivity index (χ0) is 29.7. The van der Waals surface area contributed by atoms with Crippen LogP contribution in [-0.4, -0.2) is 49.8 Å². The number of methoxy groups -OCH3 is 1. The highest BCUT2D eigenvalue weighted by atomic mass is 16.5. The monoisotopic (exact) mass is 557 g/mol. The maximum absolute atomic E-state index is 11.5. The van der Waals surface area contributed by atoms with E-state index in [1.54, 1.807) is 31.4 Å². The number of aryl methyl sites for hydroxylation is 2. The second-order valence-electron chi connectivity index (χ2n) is 9.77. The zero-order valence-electron chi connectivity index (χ0n) is 23.6. The molecule has 1 aliphatic carbocycles. The first-order chi connectivity index (χ1) is 19.7. The van der Waals surface area contributed by atoms with Gasteiger partial charge in [-0.2, -0.15) is 0 Å². The fourth-order valence-corrected chi connectivity index (χ4v) is 4.58. The van der Waals surface area contributed by atoms with Gasteiger partial charge in [-0.25, -0.2) is 19.6 Å². The Morgan fingerprint density at radius 1 is 1.20 bits per heavy atom. The van der Waals surface area contributed by atoms with E-state index in [0.717, 1.165) is 52.3 Å². The van der Waals surface area contributed by atoms with Gasteiger partial charge in [0, 0.05) is 23.7 Å². The molecule has 1 aliphatic rings. The van der Waals surface area contributed by atoms with E-state index in [-0.39, 0.29) is 12.2 Å². The summed E-state index contributed by atoms with van der Waals surface area (Å²) in [4.78, 5) is 31.4. The van der Waals surface area contributed by atoms with Crippen molar-refractivity contribution in [2.24, 2.45) is 11.7 Å². The number of aromatic nitrogens is 4. The number of carboxylic acid groups (broad SMARTS) is 1. The standard InChI is InChI=1S/C23H24N4O3.C8H11NO2/c1-4-17-8-7-15-9-18(26(22(15)24-17)12-14-5-6-14)21-13(2)27-19(25-21)10-16(23(28)29)11-20(27)30-3;1-3-5-7(4-2)6-11-8(9)10/h7-11,14H,4-6,12H2,1-3H3,(H,28,29);3-5H,1-2,6H2,(H2,9,10)/b;7-5+. The second-order valence-corrected chi connectivity index (χ2v) is 9.77. The van der Waals surface area contributed by atoms with E-state index in [1.165, 1.54) is 18.9 Å². The topological polar surface area (TPSA) is 134 Å². The Labute approximate surface area is 238 Å². The third-order valence-electron chi connectivity index (χ3n) is 6.89. The van der Waals surface area contributed by atoms with Crippen molar-refractivity contribution >= 4 is 28.7 Å². The molecule has 10 heteroatoms. The Kier molecular flexibility index (Phi) is 8.91. The molecule has 1 amide bonds. The van der Waals surface area contributed by atoms with Crippen LogP contribution >= 0.6 is 0 Å². The molecule has 0 aromatic carbocycles. The number of aromatic carboxylic acids is 1. The van der Waals surface area contributed by atoms with Crippen molar-refractivity contribution in [1.29, 1.82) is 0 Å². The van der Waals surface area contributed by atoms with Gasteiger partial charge in [-0.3, -0.25) is 4.40 Å². The number of carboxylic acids is 1. The molecular weight excluding hydrogens is 522 g/mol. The lowest BCUT2D eigenvalue weighted by molar-refractivity contribution is 0.0696. The summed E-state index contributed by atoms with van der Waals surface area (Å²) in [5.41, 5.74) is 11.0. The minimum atomic E-state index is -1.00. The van der Waals surface area contributed by atoms with Gasteiger partial charge in [-0.05, 0) is 61.9 Å². The first kappa shape index (κ1) is 29.1. The molecule has 4 aromatic rings. The quantitative estimate of drug-likeness (QED) is 0.238. The van der Waals surface area contributed by atoms with Crippen molar-refractivity contribution in [3.05, 3.63) is 84.2 Å². The fourth-order valence-electron chi connectivity index (χ4n) is 4.58. The summed E-state index contributed by atoms with van der Waals surface area (Å²) in [5, 5.41) is 10.5. The molecule has 4 heterocycles. The van der Waals surface area contributed by atoms with E-state index in [0.29, 0.717) is 17.4 Å². The predicted octanol–water partition coefficient (Wildman–Crippen LogP) is 5.72. The number of primary amides is 1. The fraction of sp³-hybridized carbons (Fsp3) is 0.290. The number of hydrogen-bond donors (Lipinski definition) is 2. The largest absolute Gasteiger partial charge is 0.482 e. The van der Waals surface area contributed by atoms with Crippen LogP contribution < -0.4 is 10.5 Å². The Balaban J connectivity index is 0.000000301. The number of nitrogens with zero attached hydrogens (tertiary/aromatic N) is 4. The van der Waals surface area contributed by atoms with Crippen LogP contribution in [-0.2, 0) is 17.7 Å². The summed E-state index contributed by atoms with van der Waals surface area (Å²) in [7, 11) is 1.54. The molecule has 1 saturated carbocycles. The number of ether oxygens (including phenoxy) is 2. The summed E-state index contributed by atoms with van der Waals surface area (Å²) >= 11 is 0. The molecule has 10 nitrogen and oxygen atoms in total. The summed E-state index contributed by atoms with van der Waals surface area (Å²) in [6.07, 6.45) is 7.44. The van der Waals surface area contributed by atoms with Crippen LogP contribution in [0.1, 0.15) is 41.5 Å². The highest BCUT2D eigenvalue weighted by Crippen LogP contribution is 2.37. The lowest BCUT2D eigenvalue weighted by atomic mass is 10.2. The summed E-state index contributed by atoms with van der Waals surface area (Å²) in [5.74, 6) is 0.131. The molecule has 0 unspecified atom stereocenters. The number of allylic oxidation sites excluding steroid dienone is 2. The molecule has 0 aliphatic heterocycles. The van der Waals surface area contributed by atoms with Crippen LogP contribution in [0, 0.1) is 12.8 Å². The van der Waals surface area contributed by atoms with Crippen molar-refractivity contribution in [3.63, 3.8) is 0 Å². The summed E-state index contributed by atoms with van der Waals surface area (Å²) in [6.45, 7) is 12.2. The van der Waals surface area contributed by atoms with Crippen molar-refractivity contribution in [1.82, 2.24) is 18.9 Å². The Morgan fingerprint density at radius 3 is 2.54 bits per heavy atom. The highest BCUT2D eigenvalue weighted by molar-refractivity contribution is 5.90. The second kappa shape index (κ2) is 12.5. The molecule has 0 saturated heterocycles. The van der Waals surface area contributed by atoms with Gasteiger partial charge in [-0.1, -0.05) is 38.3 Å². The van der Waals surface area contributed by atoms with E-state index >= 15 is 0 Å². The van der Waals surface area contributed by atoms with Gasteiger partial charge in [0.05, 0.1) is 24.1 Å². The maximum Gasteiger partial charge on any atom is 0.404 e. The van der Waals surface area contributed by atoms with Gasteiger partial charge < -0.3 is 24.9 Å². The maximum atomic E-state index is 11.5. The van der Waals surface area contributed by atoms with Gasteiger partial charge in [0.25, 0.3) is 0 Å². The average Bonchev–Trinajstić information content (AvgIpc) is 3.64. The van der Waals surface area contributed by atoms with Crippen molar-refractivity contribution in [2.75, 3.05) is 13.7 Å². The number of hydrogen-bond acceptors (Lipinski definition) is 6. The van der Waals surface area contributed by atoms with Gasteiger partial charge in [0.2, 0.25) is 0 Å². The number of carbonyl (C=O) groups excluding carboxylic acids is 1. The molecule has 4 aromatic heterocycles.